The summed E-state index contributed by atoms with van der Waals surface area (Å²) in [6.07, 6.45) is 2.45. The SMILES string of the molecule is CC1=NN=C(C)C1.Cc1cc(C)nc(C)n1.Cc1ncn[nH]1. The standard InChI is InChI=1S/C7H10N2.C5H8N2.C3H5N3/c1-5-4-6(2)9-7(3)8-5;1-4-3-5(2)7-6-4;1-3-4-2-5-6-3/h4H,1-3H3;3H2,1-2H3;2H,1H3,(H,4,5,6). The van der Waals surface area contributed by atoms with Gasteiger partial charge in [0.25, 0.3) is 0 Å². The minimum atomic E-state index is 0.854. The van der Waals surface area contributed by atoms with Gasteiger partial charge in [0.15, 0.2) is 0 Å². The average Bonchev–Trinajstić information content (AvgIpc) is 3.00. The predicted molar refractivity (Wildman–Crippen MR) is 88.2 cm³/mol. The maximum Gasteiger partial charge on any atom is 0.137 e. The van der Waals surface area contributed by atoms with Crippen molar-refractivity contribution in [3.63, 3.8) is 0 Å². The minimum absolute atomic E-state index is 0.854. The number of aromatic amines is 1. The van der Waals surface area contributed by atoms with E-state index in [4.69, 9.17) is 0 Å². The summed E-state index contributed by atoms with van der Waals surface area (Å²) in [7, 11) is 0. The molecule has 118 valence electrons. The summed E-state index contributed by atoms with van der Waals surface area (Å²) < 4.78 is 0. The minimum Gasteiger partial charge on any atom is -0.264 e. The fourth-order valence-corrected chi connectivity index (χ4v) is 1.78. The van der Waals surface area contributed by atoms with E-state index in [9.17, 15) is 0 Å². The van der Waals surface area contributed by atoms with E-state index in [1.807, 2.05) is 47.6 Å². The number of hydrogen-bond acceptors (Lipinski definition) is 6. The molecule has 7 nitrogen and oxygen atoms in total. The van der Waals surface area contributed by atoms with Gasteiger partial charge in [0, 0.05) is 29.2 Å². The van der Waals surface area contributed by atoms with Crippen molar-refractivity contribution in [1.29, 1.82) is 0 Å². The summed E-state index contributed by atoms with van der Waals surface area (Å²) in [6, 6.07) is 1.97. The first-order valence-corrected chi connectivity index (χ1v) is 7.04. The normalized spacial score (nSPS) is 12.5. The van der Waals surface area contributed by atoms with Crippen molar-refractivity contribution in [3.8, 4) is 0 Å². The predicted octanol–water partition coefficient (Wildman–Crippen LogP) is 2.74. The lowest BCUT2D eigenvalue weighted by atomic mass is 10.2. The third kappa shape index (κ3) is 7.37. The molecule has 0 bridgehead atoms. The maximum atomic E-state index is 4.12. The molecule has 3 heterocycles. The van der Waals surface area contributed by atoms with Crippen molar-refractivity contribution in [2.24, 2.45) is 10.2 Å². The van der Waals surface area contributed by atoms with Gasteiger partial charge < -0.3 is 0 Å². The number of nitrogens with zero attached hydrogens (tertiary/aromatic N) is 6. The molecule has 2 aromatic rings. The topological polar surface area (TPSA) is 92.1 Å². The van der Waals surface area contributed by atoms with E-state index in [0.29, 0.717) is 0 Å². The van der Waals surface area contributed by atoms with Crippen LogP contribution in [0, 0.1) is 27.7 Å². The molecule has 1 aliphatic rings. The van der Waals surface area contributed by atoms with Crippen LogP contribution in [0.4, 0.5) is 0 Å². The van der Waals surface area contributed by atoms with Gasteiger partial charge in [-0.05, 0) is 47.6 Å². The highest BCUT2D eigenvalue weighted by molar-refractivity contribution is 6.05. The quantitative estimate of drug-likeness (QED) is 0.809. The zero-order valence-corrected chi connectivity index (χ0v) is 14.0. The maximum absolute atomic E-state index is 4.12. The van der Waals surface area contributed by atoms with Gasteiger partial charge in [0.1, 0.15) is 18.0 Å². The van der Waals surface area contributed by atoms with Crippen LogP contribution >= 0.6 is 0 Å². The van der Waals surface area contributed by atoms with E-state index in [0.717, 1.165) is 40.9 Å². The fraction of sp³-hybridized carbons (Fsp3) is 0.467. The molecular formula is C15H23N7. The summed E-state index contributed by atoms with van der Waals surface area (Å²) >= 11 is 0. The van der Waals surface area contributed by atoms with E-state index in [-0.39, 0.29) is 0 Å². The monoisotopic (exact) mass is 301 g/mol. The first kappa shape index (κ1) is 17.6. The van der Waals surface area contributed by atoms with Crippen molar-refractivity contribution in [3.05, 3.63) is 35.4 Å². The Morgan fingerprint density at radius 1 is 0.864 bits per heavy atom. The van der Waals surface area contributed by atoms with Crippen LogP contribution in [0.3, 0.4) is 0 Å². The third-order valence-electron chi connectivity index (χ3n) is 2.53. The molecular weight excluding hydrogens is 278 g/mol. The number of aryl methyl sites for hydroxylation is 4. The van der Waals surface area contributed by atoms with Crippen LogP contribution in [0.2, 0.25) is 0 Å². The number of H-pyrrole nitrogens is 1. The molecule has 7 heteroatoms. The average molecular weight is 301 g/mol. The van der Waals surface area contributed by atoms with Crippen molar-refractivity contribution in [1.82, 2.24) is 25.1 Å². The van der Waals surface area contributed by atoms with E-state index >= 15 is 0 Å². The molecule has 3 rings (SSSR count). The van der Waals surface area contributed by atoms with Crippen LogP contribution in [0.15, 0.2) is 22.6 Å². The van der Waals surface area contributed by atoms with Crippen LogP contribution in [0.1, 0.15) is 43.3 Å². The second-order valence-corrected chi connectivity index (χ2v) is 5.12. The molecule has 0 spiro atoms. The molecule has 22 heavy (non-hydrogen) atoms. The Bertz CT molecular complexity index is 575. The molecule has 0 radical (unpaired) electrons. The van der Waals surface area contributed by atoms with E-state index in [1.54, 1.807) is 0 Å². The largest absolute Gasteiger partial charge is 0.264 e. The van der Waals surface area contributed by atoms with Crippen molar-refractivity contribution in [2.45, 2.75) is 48.0 Å². The van der Waals surface area contributed by atoms with Crippen molar-refractivity contribution < 1.29 is 0 Å². The van der Waals surface area contributed by atoms with Crippen LogP contribution in [-0.2, 0) is 0 Å². The molecule has 0 fully saturated rings. The van der Waals surface area contributed by atoms with Gasteiger partial charge in [-0.2, -0.15) is 15.3 Å². The van der Waals surface area contributed by atoms with Crippen LogP contribution in [-0.4, -0.2) is 36.6 Å². The van der Waals surface area contributed by atoms with Crippen LogP contribution < -0.4 is 0 Å². The third-order valence-corrected chi connectivity index (χ3v) is 2.53. The van der Waals surface area contributed by atoms with E-state index in [1.165, 1.54) is 6.33 Å². The summed E-state index contributed by atoms with van der Waals surface area (Å²) in [6.45, 7) is 11.7. The second-order valence-electron chi connectivity index (χ2n) is 5.12. The Balaban J connectivity index is 0.000000169. The first-order valence-electron chi connectivity index (χ1n) is 7.04. The van der Waals surface area contributed by atoms with Gasteiger partial charge in [0.2, 0.25) is 0 Å². The highest BCUT2D eigenvalue weighted by atomic mass is 15.2. The Kier molecular flexibility index (Phi) is 7.01. The van der Waals surface area contributed by atoms with Crippen LogP contribution in [0.25, 0.3) is 0 Å². The van der Waals surface area contributed by atoms with E-state index < -0.39 is 0 Å². The number of rotatable bonds is 0. The molecule has 0 saturated carbocycles. The molecule has 0 saturated heterocycles. The molecule has 0 unspecified atom stereocenters. The summed E-state index contributed by atoms with van der Waals surface area (Å²) in [5, 5.41) is 13.9. The summed E-state index contributed by atoms with van der Waals surface area (Å²) in [4.78, 5) is 12.0. The summed E-state index contributed by atoms with van der Waals surface area (Å²) in [5.41, 5.74) is 4.33. The molecule has 1 N–H and O–H groups in total. The molecule has 0 atom stereocenters. The molecule has 0 amide bonds. The number of aromatic nitrogens is 5. The van der Waals surface area contributed by atoms with Crippen LogP contribution in [0.5, 0.6) is 0 Å². The van der Waals surface area contributed by atoms with Gasteiger partial charge in [-0.15, -0.1) is 0 Å². The highest BCUT2D eigenvalue weighted by Crippen LogP contribution is 1.99. The van der Waals surface area contributed by atoms with Crippen molar-refractivity contribution in [2.75, 3.05) is 0 Å². The Hall–Kier alpha value is -2.44. The second kappa shape index (κ2) is 8.76. The van der Waals surface area contributed by atoms with E-state index in [2.05, 4.69) is 35.4 Å². The fourth-order valence-electron chi connectivity index (χ4n) is 1.78. The van der Waals surface area contributed by atoms with Gasteiger partial charge in [-0.1, -0.05) is 0 Å². The smallest absolute Gasteiger partial charge is 0.137 e. The Morgan fingerprint density at radius 3 is 1.64 bits per heavy atom. The lowest BCUT2D eigenvalue weighted by Gasteiger charge is -1.95. The van der Waals surface area contributed by atoms with Crippen molar-refractivity contribution >= 4 is 11.4 Å². The summed E-state index contributed by atoms with van der Waals surface area (Å²) in [5.74, 6) is 1.71. The van der Waals surface area contributed by atoms with Gasteiger partial charge >= 0.3 is 0 Å². The van der Waals surface area contributed by atoms with Gasteiger partial charge in [-0.25, -0.2) is 15.0 Å². The Morgan fingerprint density at radius 2 is 1.41 bits per heavy atom. The zero-order chi connectivity index (χ0) is 16.5. The Labute approximate surface area is 131 Å². The van der Waals surface area contributed by atoms with Gasteiger partial charge in [0.05, 0.1) is 0 Å². The number of nitrogens with one attached hydrogen (secondary N) is 1. The molecule has 1 aliphatic heterocycles. The lowest BCUT2D eigenvalue weighted by molar-refractivity contribution is 0.976. The van der Waals surface area contributed by atoms with Gasteiger partial charge in [-0.3, -0.25) is 5.10 Å². The first-order chi connectivity index (χ1) is 10.4. The highest BCUT2D eigenvalue weighted by Gasteiger charge is 2.00. The lowest BCUT2D eigenvalue weighted by Crippen LogP contribution is -1.91. The zero-order valence-electron chi connectivity index (χ0n) is 14.0. The molecule has 0 aliphatic carbocycles. The molecule has 0 aromatic carbocycles. The number of hydrogen-bond donors (Lipinski definition) is 1. The molecule has 2 aromatic heterocycles.